The van der Waals surface area contributed by atoms with Crippen molar-refractivity contribution in [1.82, 2.24) is 9.55 Å². The van der Waals surface area contributed by atoms with Crippen molar-refractivity contribution < 1.29 is 0 Å². The van der Waals surface area contributed by atoms with Crippen LogP contribution >= 0.6 is 12.4 Å². The number of fused-ring (bicyclic) bond motifs is 3. The second kappa shape index (κ2) is 6.40. The van der Waals surface area contributed by atoms with Crippen LogP contribution in [-0.4, -0.2) is 26.4 Å². The van der Waals surface area contributed by atoms with Crippen molar-refractivity contribution in [3.63, 3.8) is 0 Å². The first-order valence-corrected chi connectivity index (χ1v) is 8.85. The van der Waals surface area contributed by atoms with Crippen molar-refractivity contribution in [3.8, 4) is 6.07 Å². The van der Waals surface area contributed by atoms with Crippen LogP contribution in [0.4, 0.5) is 0 Å². The fourth-order valence-electron chi connectivity index (χ4n) is 3.42. The van der Waals surface area contributed by atoms with Gasteiger partial charge in [0, 0.05) is 0 Å². The van der Waals surface area contributed by atoms with Gasteiger partial charge in [0.2, 0.25) is 0 Å². The molecule has 2 aromatic heterocycles. The van der Waals surface area contributed by atoms with E-state index in [0.29, 0.717) is 0 Å². The molecule has 0 N–H and O–H groups in total. The van der Waals surface area contributed by atoms with E-state index in [2.05, 4.69) is 27.8 Å². The van der Waals surface area contributed by atoms with Crippen LogP contribution in [0.1, 0.15) is 22.5 Å². The van der Waals surface area contributed by atoms with Crippen molar-refractivity contribution in [2.24, 2.45) is 0 Å². The Labute approximate surface area is 150 Å². The molecule has 2 atom stereocenters. The van der Waals surface area contributed by atoms with E-state index in [-0.39, 0.29) is 12.4 Å². The molecule has 5 heteroatoms. The van der Waals surface area contributed by atoms with Gasteiger partial charge >= 0.3 is 138 Å². The van der Waals surface area contributed by atoms with E-state index in [1.54, 1.807) is 0 Å². The Balaban J connectivity index is 0.00000156. The third-order valence-corrected chi connectivity index (χ3v) is 5.37. The van der Waals surface area contributed by atoms with Gasteiger partial charge in [0.1, 0.15) is 0 Å². The van der Waals surface area contributed by atoms with Crippen molar-refractivity contribution in [2.75, 3.05) is 0 Å². The Morgan fingerprint density at radius 1 is 1.26 bits per heavy atom. The van der Waals surface area contributed by atoms with Gasteiger partial charge in [0.25, 0.3) is 0 Å². The molecule has 0 saturated heterocycles. The average molecular weight is 386 g/mol. The topological polar surface area (TPSA) is 41.6 Å². The molecule has 1 aliphatic rings. The predicted octanol–water partition coefficient (Wildman–Crippen LogP) is 2.90. The molecule has 3 aromatic rings. The summed E-state index contributed by atoms with van der Waals surface area (Å²) in [4.78, 5) is 4.47. The van der Waals surface area contributed by atoms with Crippen LogP contribution in [0.3, 0.4) is 0 Å². The SMILES string of the molecule is Cl.N#Cc1ccc2c(c1)c1c(n2Cc2ccccn2)CC([AsH2])C1. The Morgan fingerprint density at radius 3 is 2.87 bits per heavy atom. The number of benzene rings is 1. The van der Waals surface area contributed by atoms with E-state index >= 15 is 0 Å². The zero-order chi connectivity index (χ0) is 15.1. The molecule has 1 aliphatic carbocycles. The fourth-order valence-corrected chi connectivity index (χ4v) is 4.39. The molecule has 0 amide bonds. The fraction of sp³-hybridized carbons (Fsp3) is 0.222. The summed E-state index contributed by atoms with van der Waals surface area (Å²) in [5.41, 5.74) is 5.93. The molecule has 116 valence electrons. The number of halogens is 1. The zero-order valence-corrected chi connectivity index (χ0v) is 15.8. The maximum absolute atomic E-state index is 9.18. The van der Waals surface area contributed by atoms with Gasteiger partial charge in [-0.1, -0.05) is 0 Å². The van der Waals surface area contributed by atoms with Crippen LogP contribution in [0.25, 0.3) is 10.9 Å². The van der Waals surface area contributed by atoms with Gasteiger partial charge in [0.05, 0.1) is 0 Å². The molecule has 4 rings (SSSR count). The first-order valence-electron chi connectivity index (χ1n) is 7.46. The first-order chi connectivity index (χ1) is 10.8. The van der Waals surface area contributed by atoms with Crippen LogP contribution in [0.15, 0.2) is 42.6 Å². The van der Waals surface area contributed by atoms with E-state index in [4.69, 9.17) is 0 Å². The molecule has 0 aliphatic heterocycles. The Bertz CT molecular complexity index is 896. The summed E-state index contributed by atoms with van der Waals surface area (Å²) in [6.07, 6.45) is 4.12. The van der Waals surface area contributed by atoms with Gasteiger partial charge in [-0.25, -0.2) is 0 Å². The summed E-state index contributed by atoms with van der Waals surface area (Å²) in [6.45, 7) is 0.804. The monoisotopic (exact) mass is 385 g/mol. The number of nitrogens with zero attached hydrogens (tertiary/aromatic N) is 3. The van der Waals surface area contributed by atoms with E-state index in [1.807, 2.05) is 47.3 Å². The van der Waals surface area contributed by atoms with Crippen LogP contribution < -0.4 is 0 Å². The van der Waals surface area contributed by atoms with Gasteiger partial charge < -0.3 is 0 Å². The van der Waals surface area contributed by atoms with Crippen molar-refractivity contribution in [3.05, 3.63) is 65.1 Å². The number of nitriles is 1. The standard InChI is InChI=1S/C18H16AsN3.ClH/c19-13-8-16-15-7-12(10-20)4-5-17(15)22(18(16)9-13)11-14-3-1-2-6-21-14;/h1-7,13H,8-9,11,19H2;1H. The number of pyridine rings is 1. The summed E-state index contributed by atoms with van der Waals surface area (Å²) in [5, 5.41) is 10.4. The van der Waals surface area contributed by atoms with Crippen LogP contribution in [-0.2, 0) is 19.4 Å². The molecule has 0 radical (unpaired) electrons. The van der Waals surface area contributed by atoms with Crippen molar-refractivity contribution in [1.29, 1.82) is 5.26 Å². The molecule has 2 heterocycles. The zero-order valence-electron chi connectivity index (χ0n) is 12.6. The Morgan fingerprint density at radius 2 is 2.13 bits per heavy atom. The summed E-state index contributed by atoms with van der Waals surface area (Å²) in [5.74, 6) is 0. The predicted molar refractivity (Wildman–Crippen MR) is 96.9 cm³/mol. The second-order valence-corrected chi connectivity index (χ2v) is 7.82. The summed E-state index contributed by atoms with van der Waals surface area (Å²) in [6, 6.07) is 14.4. The normalized spacial score (nSPS) is 15.9. The molecule has 0 fully saturated rings. The second-order valence-electron chi connectivity index (χ2n) is 5.84. The van der Waals surface area contributed by atoms with Gasteiger partial charge in [-0.2, -0.15) is 0 Å². The Hall–Kier alpha value is -1.75. The number of hydrogen-bond donors (Lipinski definition) is 0. The van der Waals surface area contributed by atoms with Crippen LogP contribution in [0.5, 0.6) is 0 Å². The third kappa shape index (κ3) is 2.78. The molecule has 1 aromatic carbocycles. The van der Waals surface area contributed by atoms with Gasteiger partial charge in [-0.05, 0) is 0 Å². The first kappa shape index (κ1) is 16.1. The average Bonchev–Trinajstić information content (AvgIpc) is 3.05. The molecule has 0 saturated carbocycles. The maximum atomic E-state index is 9.18. The minimum absolute atomic E-state index is 0. The summed E-state index contributed by atoms with van der Waals surface area (Å²) < 4.78 is 3.14. The number of hydrogen-bond acceptors (Lipinski definition) is 2. The van der Waals surface area contributed by atoms with E-state index < -0.39 is 0 Å². The summed E-state index contributed by atoms with van der Waals surface area (Å²) >= 11 is 1.81. The molecular formula is C18H17AsClN3. The van der Waals surface area contributed by atoms with E-state index in [1.165, 1.54) is 22.2 Å². The molecule has 2 unspecified atom stereocenters. The summed E-state index contributed by atoms with van der Waals surface area (Å²) in [7, 11) is 0. The third-order valence-electron chi connectivity index (χ3n) is 4.38. The van der Waals surface area contributed by atoms with E-state index in [0.717, 1.165) is 35.3 Å². The molecule has 3 nitrogen and oxygen atoms in total. The van der Waals surface area contributed by atoms with E-state index in [9.17, 15) is 5.26 Å². The molecular weight excluding hydrogens is 369 g/mol. The molecule has 0 bridgehead atoms. The van der Waals surface area contributed by atoms with Gasteiger partial charge in [-0.3, -0.25) is 0 Å². The van der Waals surface area contributed by atoms with Crippen molar-refractivity contribution in [2.45, 2.75) is 24.1 Å². The minimum atomic E-state index is 0. The van der Waals surface area contributed by atoms with Crippen LogP contribution in [0, 0.1) is 11.3 Å². The van der Waals surface area contributed by atoms with Gasteiger partial charge in [-0.15, -0.1) is 12.4 Å². The molecule has 23 heavy (non-hydrogen) atoms. The molecule has 0 spiro atoms. The quantitative estimate of drug-likeness (QED) is 0.637. The van der Waals surface area contributed by atoms with Gasteiger partial charge in [0.15, 0.2) is 0 Å². The van der Waals surface area contributed by atoms with Crippen molar-refractivity contribution >= 4 is 40.2 Å². The number of rotatable bonds is 2. The van der Waals surface area contributed by atoms with Crippen LogP contribution in [0.2, 0.25) is 4.71 Å². The Kier molecular flexibility index (Phi) is 4.48. The number of aromatic nitrogens is 2.